The number of carbonyl (C=O) groups excluding carboxylic acids is 1. The van der Waals surface area contributed by atoms with E-state index < -0.39 is 0 Å². The van der Waals surface area contributed by atoms with Crippen molar-refractivity contribution in [2.75, 3.05) is 13.1 Å². The van der Waals surface area contributed by atoms with Gasteiger partial charge in [0.2, 0.25) is 5.69 Å². The topological polar surface area (TPSA) is 32.1 Å². The van der Waals surface area contributed by atoms with Crippen molar-refractivity contribution in [1.29, 1.82) is 0 Å². The molecule has 0 bridgehead atoms. The molecule has 0 atom stereocenters. The molecule has 230 valence electrons. The second-order valence-corrected chi connectivity index (χ2v) is 13.1. The van der Waals surface area contributed by atoms with Crippen molar-refractivity contribution in [2.24, 2.45) is 0 Å². The summed E-state index contributed by atoms with van der Waals surface area (Å²) in [7, 11) is 0. The largest absolute Gasteiger partial charge is 0.388 e. The molecule has 3 heteroatoms. The molecule has 0 amide bonds. The van der Waals surface area contributed by atoms with Crippen LogP contribution in [0.2, 0.25) is 0 Å². The fourth-order valence-corrected chi connectivity index (χ4v) is 6.76. The maximum Gasteiger partial charge on any atom is 0.210 e. The lowest BCUT2D eigenvalue weighted by Gasteiger charge is -2.31. The van der Waals surface area contributed by atoms with Gasteiger partial charge in [-0.05, 0) is 66.4 Å². The van der Waals surface area contributed by atoms with Crippen molar-refractivity contribution in [3.63, 3.8) is 0 Å². The van der Waals surface area contributed by atoms with Gasteiger partial charge in [-0.15, -0.1) is 0 Å². The molecule has 0 fully saturated rings. The molecule has 0 saturated heterocycles. The first-order valence-corrected chi connectivity index (χ1v) is 16.3. The van der Waals surface area contributed by atoms with Crippen LogP contribution in [-0.2, 0) is 15.6 Å². The zero-order chi connectivity index (χ0) is 32.0. The molecule has 0 radical (unpaired) electrons. The van der Waals surface area contributed by atoms with E-state index in [9.17, 15) is 4.79 Å². The molecule has 4 aromatic rings. The molecule has 3 nitrogen and oxygen atoms in total. The van der Waals surface area contributed by atoms with Crippen LogP contribution in [0.15, 0.2) is 127 Å². The number of allylic oxidation sites excluding steroid dienone is 8. The standard InChI is InChI=1S/C42H46N2O/c1-7-28-43-38(41(3,4)36-23-14-20-32-18-8-10-21-34(32)36)24-12-16-31(2)17-13-25-39-42(5,6)40-35-22-11-9-19-33(35)26-27-37(40)44(39)29-15-30-45/h8-14,16-27,30H,7,15,28-29H2,1-6H3/p+1. The van der Waals surface area contributed by atoms with Crippen molar-refractivity contribution in [3.8, 4) is 0 Å². The molecule has 1 heterocycles. The van der Waals surface area contributed by atoms with E-state index >= 15 is 0 Å². The molecular formula is C42H47N2O+. The first-order chi connectivity index (χ1) is 21.7. The number of carbonyl (C=O) groups is 1. The van der Waals surface area contributed by atoms with E-state index in [-0.39, 0.29) is 10.8 Å². The fraction of sp³-hybridized carbons (Fsp3) is 0.286. The van der Waals surface area contributed by atoms with E-state index in [0.717, 1.165) is 19.3 Å². The molecule has 4 aromatic carbocycles. The molecule has 0 aliphatic carbocycles. The Balaban J connectivity index is 1.42. The van der Waals surface area contributed by atoms with E-state index in [1.807, 2.05) is 0 Å². The molecule has 1 N–H and O–H groups in total. The van der Waals surface area contributed by atoms with Gasteiger partial charge in [-0.2, -0.15) is 4.58 Å². The van der Waals surface area contributed by atoms with Gasteiger partial charge in [0.05, 0.1) is 11.8 Å². The van der Waals surface area contributed by atoms with Crippen molar-refractivity contribution < 1.29 is 9.37 Å². The third-order valence-corrected chi connectivity index (χ3v) is 9.16. The second kappa shape index (κ2) is 13.6. The molecule has 0 aromatic heterocycles. The number of fused-ring (bicyclic) bond motifs is 4. The fourth-order valence-electron chi connectivity index (χ4n) is 6.76. The molecule has 5 rings (SSSR count). The number of nitrogens with zero attached hydrogens (tertiary/aromatic N) is 1. The number of hydrogen-bond acceptors (Lipinski definition) is 2. The zero-order valence-corrected chi connectivity index (χ0v) is 27.7. The Bertz CT molecular complexity index is 1860. The lowest BCUT2D eigenvalue weighted by atomic mass is 9.78. The van der Waals surface area contributed by atoms with Crippen LogP contribution in [0.1, 0.15) is 65.5 Å². The molecular weight excluding hydrogens is 548 g/mol. The summed E-state index contributed by atoms with van der Waals surface area (Å²) in [6.07, 6.45) is 15.7. The predicted molar refractivity (Wildman–Crippen MR) is 193 cm³/mol. The Morgan fingerprint density at radius 3 is 2.29 bits per heavy atom. The Hall–Kier alpha value is -4.50. The number of nitrogens with one attached hydrogen (secondary N) is 1. The molecule has 1 aliphatic rings. The Morgan fingerprint density at radius 1 is 0.867 bits per heavy atom. The Labute approximate surface area is 269 Å². The van der Waals surface area contributed by atoms with E-state index in [0.29, 0.717) is 13.0 Å². The van der Waals surface area contributed by atoms with Gasteiger partial charge in [0.1, 0.15) is 6.29 Å². The zero-order valence-electron chi connectivity index (χ0n) is 27.7. The molecule has 0 saturated carbocycles. The van der Waals surface area contributed by atoms with Gasteiger partial charge in [0.15, 0.2) is 12.3 Å². The second-order valence-electron chi connectivity index (χ2n) is 13.1. The van der Waals surface area contributed by atoms with E-state index in [2.05, 4.69) is 167 Å². The van der Waals surface area contributed by atoms with Crippen molar-refractivity contribution in [3.05, 3.63) is 138 Å². The monoisotopic (exact) mass is 595 g/mol. The van der Waals surface area contributed by atoms with Crippen LogP contribution in [0.25, 0.3) is 21.5 Å². The van der Waals surface area contributed by atoms with E-state index in [1.54, 1.807) is 0 Å². The maximum atomic E-state index is 11.4. The first-order valence-electron chi connectivity index (χ1n) is 16.3. The summed E-state index contributed by atoms with van der Waals surface area (Å²) in [5, 5.41) is 8.81. The highest BCUT2D eigenvalue weighted by Crippen LogP contribution is 2.44. The Morgan fingerprint density at radius 2 is 1.56 bits per heavy atom. The number of hydrogen-bond donors (Lipinski definition) is 1. The average Bonchev–Trinajstić information content (AvgIpc) is 3.26. The van der Waals surface area contributed by atoms with Crippen LogP contribution in [0.4, 0.5) is 5.69 Å². The first kappa shape index (κ1) is 31.9. The third-order valence-electron chi connectivity index (χ3n) is 9.16. The van der Waals surface area contributed by atoms with E-state index in [4.69, 9.17) is 0 Å². The number of aldehydes is 1. The minimum atomic E-state index is -0.192. The SMILES string of the molecule is CCCN/C(=C/C=C/C(C)=C/C=C/C1=[N+](CCC=O)c2ccc3ccccc3c2C1(C)C)C(C)(C)c1cccc2ccccc12. The normalized spacial score (nSPS) is 15.5. The lowest BCUT2D eigenvalue weighted by Crippen LogP contribution is -2.31. The van der Waals surface area contributed by atoms with Crippen LogP contribution >= 0.6 is 0 Å². The highest BCUT2D eigenvalue weighted by molar-refractivity contribution is 6.07. The summed E-state index contributed by atoms with van der Waals surface area (Å²) in [5.74, 6) is 0. The molecule has 0 unspecified atom stereocenters. The average molecular weight is 596 g/mol. The lowest BCUT2D eigenvalue weighted by molar-refractivity contribution is -0.435. The van der Waals surface area contributed by atoms with Crippen LogP contribution in [-0.4, -0.2) is 29.7 Å². The number of rotatable bonds is 12. The summed E-state index contributed by atoms with van der Waals surface area (Å²) in [5.41, 5.74) is 7.06. The summed E-state index contributed by atoms with van der Waals surface area (Å²) in [6, 6.07) is 28.3. The summed E-state index contributed by atoms with van der Waals surface area (Å²) < 4.78 is 2.33. The highest BCUT2D eigenvalue weighted by Gasteiger charge is 2.45. The van der Waals surface area contributed by atoms with Crippen LogP contribution in [0.5, 0.6) is 0 Å². The Kier molecular flexibility index (Phi) is 9.68. The van der Waals surface area contributed by atoms with Gasteiger partial charge in [-0.3, -0.25) is 0 Å². The number of benzene rings is 4. The minimum Gasteiger partial charge on any atom is -0.388 e. The van der Waals surface area contributed by atoms with Gasteiger partial charge in [0.25, 0.3) is 0 Å². The molecule has 1 aliphatic heterocycles. The minimum absolute atomic E-state index is 0.188. The summed E-state index contributed by atoms with van der Waals surface area (Å²) in [4.78, 5) is 11.4. The predicted octanol–water partition coefficient (Wildman–Crippen LogP) is 9.88. The van der Waals surface area contributed by atoms with Gasteiger partial charge in [0, 0.05) is 35.4 Å². The molecule has 0 spiro atoms. The van der Waals surface area contributed by atoms with Gasteiger partial charge in [-0.25, -0.2) is 0 Å². The third kappa shape index (κ3) is 6.49. The molecule has 45 heavy (non-hydrogen) atoms. The quantitative estimate of drug-likeness (QED) is 0.100. The smallest absolute Gasteiger partial charge is 0.210 e. The van der Waals surface area contributed by atoms with Crippen LogP contribution in [0.3, 0.4) is 0 Å². The highest BCUT2D eigenvalue weighted by atomic mass is 16.1. The van der Waals surface area contributed by atoms with Crippen LogP contribution < -0.4 is 5.32 Å². The van der Waals surface area contributed by atoms with E-state index in [1.165, 1.54) is 55.3 Å². The van der Waals surface area contributed by atoms with Gasteiger partial charge in [-0.1, -0.05) is 117 Å². The van der Waals surface area contributed by atoms with Crippen molar-refractivity contribution >= 4 is 39.2 Å². The van der Waals surface area contributed by atoms with Crippen molar-refractivity contribution in [1.82, 2.24) is 5.32 Å². The van der Waals surface area contributed by atoms with Gasteiger partial charge < -0.3 is 10.1 Å². The summed E-state index contributed by atoms with van der Waals surface area (Å²) >= 11 is 0. The van der Waals surface area contributed by atoms with Crippen LogP contribution in [0, 0.1) is 0 Å². The summed E-state index contributed by atoms with van der Waals surface area (Å²) in [6.45, 7) is 15.1. The maximum absolute atomic E-state index is 11.4. The van der Waals surface area contributed by atoms with Crippen molar-refractivity contribution in [2.45, 2.75) is 65.2 Å². The van der Waals surface area contributed by atoms with Gasteiger partial charge >= 0.3 is 0 Å².